The number of pyridine rings is 1. The molecule has 48 heavy (non-hydrogen) atoms. The van der Waals surface area contributed by atoms with Crippen LogP contribution in [0.1, 0.15) is 83.3 Å². The predicted molar refractivity (Wildman–Crippen MR) is 184 cm³/mol. The van der Waals surface area contributed by atoms with Crippen molar-refractivity contribution in [2.45, 2.75) is 97.4 Å². The third-order valence-corrected chi connectivity index (χ3v) is 8.21. The first-order valence-corrected chi connectivity index (χ1v) is 16.5. The summed E-state index contributed by atoms with van der Waals surface area (Å²) in [4.78, 5) is 48.2. The zero-order valence-electron chi connectivity index (χ0n) is 28.7. The molecule has 1 saturated carbocycles. The molecule has 13 heteroatoms. The molecule has 254 valence electrons. The van der Waals surface area contributed by atoms with Gasteiger partial charge < -0.3 is 29.0 Å². The lowest BCUT2D eigenvalue weighted by Gasteiger charge is -2.40. The maximum atomic E-state index is 13.7. The van der Waals surface area contributed by atoms with E-state index in [9.17, 15) is 14.4 Å². The number of aromatic nitrogens is 4. The lowest BCUT2D eigenvalue weighted by atomic mass is 10.0. The second-order valence-corrected chi connectivity index (χ2v) is 14.6. The topological polar surface area (TPSA) is 143 Å². The summed E-state index contributed by atoms with van der Waals surface area (Å²) in [7, 11) is 0. The van der Waals surface area contributed by atoms with Crippen molar-refractivity contribution in [1.29, 1.82) is 0 Å². The maximum absolute atomic E-state index is 13.7. The molecule has 1 aliphatic carbocycles. The molecule has 1 saturated heterocycles. The summed E-state index contributed by atoms with van der Waals surface area (Å²) in [6.45, 7) is 14.4. The molecule has 0 spiro atoms. The summed E-state index contributed by atoms with van der Waals surface area (Å²) >= 11 is 0. The van der Waals surface area contributed by atoms with Crippen molar-refractivity contribution in [3.63, 3.8) is 0 Å². The maximum Gasteiger partial charge on any atom is 0.412 e. The van der Waals surface area contributed by atoms with Gasteiger partial charge in [0, 0.05) is 48.6 Å². The molecule has 2 fully saturated rings. The second-order valence-electron chi connectivity index (χ2n) is 14.6. The Morgan fingerprint density at radius 1 is 0.896 bits per heavy atom. The van der Waals surface area contributed by atoms with Crippen molar-refractivity contribution in [3.05, 3.63) is 54.1 Å². The van der Waals surface area contributed by atoms with E-state index in [1.165, 1.54) is 0 Å². The molecule has 1 aliphatic heterocycles. The Bertz CT molecular complexity index is 1860. The number of hydrogen-bond acceptors (Lipinski definition) is 9. The van der Waals surface area contributed by atoms with Gasteiger partial charge >= 0.3 is 12.2 Å². The van der Waals surface area contributed by atoms with Crippen LogP contribution in [0.5, 0.6) is 0 Å². The van der Waals surface area contributed by atoms with Crippen molar-refractivity contribution >= 4 is 51.7 Å². The Labute approximate surface area is 280 Å². The summed E-state index contributed by atoms with van der Waals surface area (Å²) in [6, 6.07) is 7.62. The normalized spacial score (nSPS) is 15.8. The number of carbonyl (C=O) groups is 3. The molecule has 0 unspecified atom stereocenters. The number of amides is 3. The Morgan fingerprint density at radius 2 is 1.58 bits per heavy atom. The average molecular weight is 657 g/mol. The van der Waals surface area contributed by atoms with Gasteiger partial charge in [0.1, 0.15) is 16.7 Å². The number of anilines is 3. The molecule has 4 aromatic rings. The highest BCUT2D eigenvalue weighted by molar-refractivity contribution is 6.14. The van der Waals surface area contributed by atoms with Gasteiger partial charge in [-0.1, -0.05) is 0 Å². The highest BCUT2D eigenvalue weighted by Gasteiger charge is 2.41. The second kappa shape index (κ2) is 12.6. The fourth-order valence-electron chi connectivity index (χ4n) is 6.17. The van der Waals surface area contributed by atoms with E-state index in [2.05, 4.69) is 30.7 Å². The minimum atomic E-state index is -0.682. The number of fused-ring (bicyclic) bond motifs is 2. The smallest absolute Gasteiger partial charge is 0.412 e. The van der Waals surface area contributed by atoms with E-state index in [1.54, 1.807) is 49.7 Å². The molecule has 3 aromatic heterocycles. The first-order chi connectivity index (χ1) is 22.6. The van der Waals surface area contributed by atoms with Gasteiger partial charge in [-0.25, -0.2) is 14.6 Å². The summed E-state index contributed by atoms with van der Waals surface area (Å²) in [5.41, 5.74) is 2.70. The summed E-state index contributed by atoms with van der Waals surface area (Å²) in [5, 5.41) is 15.0. The van der Waals surface area contributed by atoms with Crippen LogP contribution in [0.2, 0.25) is 0 Å². The lowest BCUT2D eigenvalue weighted by Crippen LogP contribution is -2.50. The molecule has 1 aromatic carbocycles. The first kappa shape index (κ1) is 33.0. The molecule has 0 radical (unpaired) electrons. The SMILES string of the molecule is Cc1cn2cc(NC(=O)c3ccc(N4CCC(N(C(=O)OC(C)(C)C)C5CC5)CC4)c4ccnnc34)cc(NC(=O)OC(C)(C)C)c2n1. The third-order valence-electron chi connectivity index (χ3n) is 8.21. The first-order valence-electron chi connectivity index (χ1n) is 16.5. The number of nitrogens with zero attached hydrogens (tertiary/aromatic N) is 6. The molecular weight excluding hydrogens is 612 g/mol. The number of hydrogen-bond donors (Lipinski definition) is 2. The largest absolute Gasteiger partial charge is 0.444 e. The lowest BCUT2D eigenvalue weighted by molar-refractivity contribution is 0.0113. The fraction of sp³-hybridized carbons (Fsp3) is 0.486. The summed E-state index contributed by atoms with van der Waals surface area (Å²) < 4.78 is 12.9. The molecule has 6 rings (SSSR count). The molecule has 2 N–H and O–H groups in total. The third kappa shape index (κ3) is 7.45. The Kier molecular flexibility index (Phi) is 8.65. The zero-order chi connectivity index (χ0) is 34.4. The number of aryl methyl sites for hydroxylation is 1. The van der Waals surface area contributed by atoms with E-state index in [1.807, 2.05) is 50.9 Å². The van der Waals surface area contributed by atoms with Crippen LogP contribution >= 0.6 is 0 Å². The molecule has 3 amide bonds. The van der Waals surface area contributed by atoms with Gasteiger partial charge in [0.05, 0.1) is 28.8 Å². The van der Waals surface area contributed by atoms with Crippen LogP contribution in [0.4, 0.5) is 26.7 Å². The zero-order valence-corrected chi connectivity index (χ0v) is 28.7. The van der Waals surface area contributed by atoms with E-state index in [0.29, 0.717) is 28.1 Å². The van der Waals surface area contributed by atoms with Crippen LogP contribution in [-0.2, 0) is 9.47 Å². The highest BCUT2D eigenvalue weighted by atomic mass is 16.6. The molecule has 2 aliphatic rings. The van der Waals surface area contributed by atoms with Gasteiger partial charge in [-0.3, -0.25) is 10.1 Å². The van der Waals surface area contributed by atoms with Crippen molar-refractivity contribution in [2.24, 2.45) is 0 Å². The van der Waals surface area contributed by atoms with E-state index in [-0.39, 0.29) is 24.1 Å². The molecule has 13 nitrogen and oxygen atoms in total. The molecule has 0 bridgehead atoms. The monoisotopic (exact) mass is 656 g/mol. The number of imidazole rings is 1. The minimum Gasteiger partial charge on any atom is -0.444 e. The number of benzene rings is 1. The van der Waals surface area contributed by atoms with Gasteiger partial charge in [-0.05, 0) is 98.4 Å². The van der Waals surface area contributed by atoms with Gasteiger partial charge in [-0.2, -0.15) is 5.10 Å². The summed E-state index contributed by atoms with van der Waals surface area (Å²) in [5.74, 6) is -0.373. The molecular formula is C35H44N8O5. The quantitative estimate of drug-likeness (QED) is 0.236. The number of rotatable bonds is 6. The Morgan fingerprint density at radius 3 is 2.25 bits per heavy atom. The standard InChI is InChI=1S/C35H44N8O5/c1-21-19-42-20-22(18-27(30(42)37-21)39-32(45)47-34(2,3)4)38-31(44)26-10-11-28(25-12-15-36-40-29(25)26)41-16-13-24(14-17-41)43(23-8-9-23)33(46)48-35(5,6)7/h10-12,15,18-20,23-24H,8-9,13-14,16-17H2,1-7H3,(H,38,44)(H,39,45). The highest BCUT2D eigenvalue weighted by Crippen LogP contribution is 2.36. The van der Waals surface area contributed by atoms with E-state index >= 15 is 0 Å². The number of piperidine rings is 1. The van der Waals surface area contributed by atoms with Crippen LogP contribution in [0.3, 0.4) is 0 Å². The summed E-state index contributed by atoms with van der Waals surface area (Å²) in [6.07, 6.45) is 7.98. The van der Waals surface area contributed by atoms with E-state index < -0.39 is 17.3 Å². The van der Waals surface area contributed by atoms with Gasteiger partial charge in [-0.15, -0.1) is 5.10 Å². The van der Waals surface area contributed by atoms with Gasteiger partial charge in [0.25, 0.3) is 5.91 Å². The van der Waals surface area contributed by atoms with E-state index in [0.717, 1.165) is 55.5 Å². The van der Waals surface area contributed by atoms with Crippen LogP contribution < -0.4 is 15.5 Å². The Hall–Kier alpha value is -4.94. The van der Waals surface area contributed by atoms with Crippen LogP contribution in [-0.4, -0.2) is 79.0 Å². The van der Waals surface area contributed by atoms with E-state index in [4.69, 9.17) is 9.47 Å². The minimum absolute atomic E-state index is 0.117. The van der Waals surface area contributed by atoms with Gasteiger partial charge in [0.15, 0.2) is 5.65 Å². The van der Waals surface area contributed by atoms with Gasteiger partial charge in [0.2, 0.25) is 0 Å². The average Bonchev–Trinajstić information content (AvgIpc) is 3.74. The Balaban J connectivity index is 1.21. The molecule has 4 heterocycles. The molecule has 0 atom stereocenters. The number of carbonyl (C=O) groups excluding carboxylic acids is 3. The van der Waals surface area contributed by atoms with Crippen LogP contribution in [0, 0.1) is 6.92 Å². The fourth-order valence-corrected chi connectivity index (χ4v) is 6.17. The number of nitrogens with one attached hydrogen (secondary N) is 2. The van der Waals surface area contributed by atoms with Crippen molar-refractivity contribution in [3.8, 4) is 0 Å². The van der Waals surface area contributed by atoms with Crippen LogP contribution in [0.15, 0.2) is 42.9 Å². The van der Waals surface area contributed by atoms with Crippen molar-refractivity contribution in [1.82, 2.24) is 24.5 Å². The van der Waals surface area contributed by atoms with Crippen molar-refractivity contribution < 1.29 is 23.9 Å². The van der Waals surface area contributed by atoms with Crippen LogP contribution in [0.25, 0.3) is 16.6 Å². The number of ether oxygens (including phenoxy) is 2. The van der Waals surface area contributed by atoms with Crippen molar-refractivity contribution in [2.75, 3.05) is 28.6 Å². The predicted octanol–water partition coefficient (Wildman–Crippen LogP) is 6.55.